The number of allylic oxidation sites excluding steroid dienone is 3. The first-order valence-corrected chi connectivity index (χ1v) is 8.01. The van der Waals surface area contributed by atoms with E-state index in [4.69, 9.17) is 10.5 Å². The SMILES string of the molecule is N#CC1=C(N)OC2=C(C(=O)CCC2)C1c1ccc2ccccc2c1. The highest BCUT2D eigenvalue weighted by molar-refractivity contribution is 5.99. The average molecular weight is 316 g/mol. The Morgan fingerprint density at radius 3 is 2.71 bits per heavy atom. The minimum absolute atomic E-state index is 0.0506. The molecule has 0 radical (unpaired) electrons. The molecule has 118 valence electrons. The molecule has 1 heterocycles. The van der Waals surface area contributed by atoms with E-state index in [-0.39, 0.29) is 11.7 Å². The van der Waals surface area contributed by atoms with Crippen molar-refractivity contribution in [2.45, 2.75) is 25.2 Å². The predicted molar refractivity (Wildman–Crippen MR) is 90.5 cm³/mol. The van der Waals surface area contributed by atoms with E-state index in [2.05, 4.69) is 6.07 Å². The van der Waals surface area contributed by atoms with Crippen LogP contribution in [0.25, 0.3) is 10.8 Å². The number of Topliss-reactive ketones (excluding diaryl/α,β-unsaturated/α-hetero) is 1. The summed E-state index contributed by atoms with van der Waals surface area (Å²) in [4.78, 5) is 12.5. The largest absolute Gasteiger partial charge is 0.444 e. The number of rotatable bonds is 1. The van der Waals surface area contributed by atoms with E-state index in [0.717, 1.165) is 22.8 Å². The zero-order chi connectivity index (χ0) is 16.7. The predicted octanol–water partition coefficient (Wildman–Crippen LogP) is 3.65. The fourth-order valence-electron chi connectivity index (χ4n) is 3.58. The minimum Gasteiger partial charge on any atom is -0.444 e. The van der Waals surface area contributed by atoms with Crippen LogP contribution in [0.4, 0.5) is 0 Å². The van der Waals surface area contributed by atoms with Crippen molar-refractivity contribution in [1.82, 2.24) is 0 Å². The molecule has 1 aliphatic heterocycles. The summed E-state index contributed by atoms with van der Waals surface area (Å²) in [6.07, 6.45) is 1.94. The first kappa shape index (κ1) is 14.5. The van der Waals surface area contributed by atoms with Crippen molar-refractivity contribution in [1.29, 1.82) is 5.26 Å². The van der Waals surface area contributed by atoms with Crippen molar-refractivity contribution in [2.24, 2.45) is 5.73 Å². The number of ether oxygens (including phenoxy) is 1. The molecule has 4 rings (SSSR count). The lowest BCUT2D eigenvalue weighted by Gasteiger charge is -2.31. The Bertz CT molecular complexity index is 963. The lowest BCUT2D eigenvalue weighted by Crippen LogP contribution is -2.27. The number of benzene rings is 2. The van der Waals surface area contributed by atoms with Crippen LogP contribution in [0, 0.1) is 11.3 Å². The summed E-state index contributed by atoms with van der Waals surface area (Å²) in [5, 5.41) is 11.8. The van der Waals surface area contributed by atoms with Gasteiger partial charge >= 0.3 is 0 Å². The lowest BCUT2D eigenvalue weighted by atomic mass is 9.77. The highest BCUT2D eigenvalue weighted by atomic mass is 16.5. The van der Waals surface area contributed by atoms with Crippen molar-refractivity contribution in [3.8, 4) is 6.07 Å². The molecule has 2 N–H and O–H groups in total. The normalized spacial score (nSPS) is 20.6. The number of nitrogens with two attached hydrogens (primary N) is 1. The molecule has 0 aromatic heterocycles. The van der Waals surface area contributed by atoms with Crippen molar-refractivity contribution in [2.75, 3.05) is 0 Å². The van der Waals surface area contributed by atoms with Gasteiger partial charge in [0.2, 0.25) is 5.88 Å². The number of carbonyl (C=O) groups is 1. The van der Waals surface area contributed by atoms with Crippen LogP contribution in [0.2, 0.25) is 0 Å². The Kier molecular flexibility index (Phi) is 3.35. The zero-order valence-electron chi connectivity index (χ0n) is 13.1. The molecule has 1 unspecified atom stereocenters. The quantitative estimate of drug-likeness (QED) is 0.871. The second-order valence-electron chi connectivity index (χ2n) is 6.14. The van der Waals surface area contributed by atoms with Gasteiger partial charge in [-0.25, -0.2) is 0 Å². The van der Waals surface area contributed by atoms with Crippen LogP contribution >= 0.6 is 0 Å². The average Bonchev–Trinajstić information content (AvgIpc) is 2.60. The number of carbonyl (C=O) groups excluding carboxylic acids is 1. The fraction of sp³-hybridized carbons (Fsp3) is 0.200. The molecule has 4 nitrogen and oxygen atoms in total. The van der Waals surface area contributed by atoms with E-state index in [9.17, 15) is 10.1 Å². The van der Waals surface area contributed by atoms with Gasteiger partial charge < -0.3 is 10.5 Å². The second kappa shape index (κ2) is 5.54. The van der Waals surface area contributed by atoms with E-state index in [1.165, 1.54) is 0 Å². The molecule has 2 aromatic rings. The van der Waals surface area contributed by atoms with E-state index in [1.807, 2.05) is 42.5 Å². The molecule has 1 atom stereocenters. The molecule has 24 heavy (non-hydrogen) atoms. The van der Waals surface area contributed by atoms with Crippen LogP contribution < -0.4 is 5.73 Å². The van der Waals surface area contributed by atoms with Crippen LogP contribution in [-0.4, -0.2) is 5.78 Å². The number of hydrogen-bond donors (Lipinski definition) is 1. The van der Waals surface area contributed by atoms with Gasteiger partial charge in [-0.15, -0.1) is 0 Å². The van der Waals surface area contributed by atoms with Crippen molar-refractivity contribution < 1.29 is 9.53 Å². The third-order valence-corrected chi connectivity index (χ3v) is 4.71. The zero-order valence-corrected chi connectivity index (χ0v) is 13.1. The number of nitriles is 1. The maximum atomic E-state index is 12.5. The van der Waals surface area contributed by atoms with Crippen LogP contribution in [0.5, 0.6) is 0 Å². The van der Waals surface area contributed by atoms with Gasteiger partial charge in [0.25, 0.3) is 0 Å². The topological polar surface area (TPSA) is 76.1 Å². The van der Waals surface area contributed by atoms with Gasteiger partial charge in [-0.1, -0.05) is 42.5 Å². The van der Waals surface area contributed by atoms with E-state index >= 15 is 0 Å². The first-order valence-electron chi connectivity index (χ1n) is 8.01. The van der Waals surface area contributed by atoms with Crippen LogP contribution in [-0.2, 0) is 9.53 Å². The molecule has 0 bridgehead atoms. The Balaban J connectivity index is 1.93. The van der Waals surface area contributed by atoms with Gasteiger partial charge in [-0.3, -0.25) is 4.79 Å². The van der Waals surface area contributed by atoms with Crippen molar-refractivity contribution in [3.05, 3.63) is 70.8 Å². The minimum atomic E-state index is -0.434. The van der Waals surface area contributed by atoms with E-state index < -0.39 is 5.92 Å². The lowest BCUT2D eigenvalue weighted by molar-refractivity contribution is -0.116. The molecule has 0 amide bonds. The number of ketones is 1. The molecule has 1 aliphatic carbocycles. The molecular weight excluding hydrogens is 300 g/mol. The summed E-state index contributed by atoms with van der Waals surface area (Å²) in [7, 11) is 0. The van der Waals surface area contributed by atoms with Crippen molar-refractivity contribution in [3.63, 3.8) is 0 Å². The van der Waals surface area contributed by atoms with Gasteiger partial charge in [0.15, 0.2) is 5.78 Å². The maximum Gasteiger partial charge on any atom is 0.205 e. The summed E-state index contributed by atoms with van der Waals surface area (Å²) in [6.45, 7) is 0. The number of fused-ring (bicyclic) bond motifs is 1. The summed E-state index contributed by atoms with van der Waals surface area (Å²) >= 11 is 0. The molecule has 0 fully saturated rings. The fourth-order valence-corrected chi connectivity index (χ4v) is 3.58. The van der Waals surface area contributed by atoms with Gasteiger partial charge in [-0.2, -0.15) is 5.26 Å². The Morgan fingerprint density at radius 2 is 1.92 bits per heavy atom. The molecule has 0 spiro atoms. The summed E-state index contributed by atoms with van der Waals surface area (Å²) in [5.74, 6) is 0.357. The standard InChI is InChI=1S/C20H16N2O2/c21-11-15-18(14-9-8-12-4-1-2-5-13(12)10-14)19-16(23)6-3-7-17(19)24-20(15)22/h1-2,4-5,8-10,18H,3,6-7,22H2. The van der Waals surface area contributed by atoms with E-state index in [0.29, 0.717) is 29.7 Å². The van der Waals surface area contributed by atoms with Crippen LogP contribution in [0.15, 0.2) is 65.3 Å². The molecule has 2 aliphatic rings. The highest BCUT2D eigenvalue weighted by Crippen LogP contribution is 2.43. The Labute approximate surface area is 139 Å². The number of nitrogens with zero attached hydrogens (tertiary/aromatic N) is 1. The summed E-state index contributed by atoms with van der Waals surface area (Å²) in [6, 6.07) is 16.2. The van der Waals surface area contributed by atoms with Crippen LogP contribution in [0.1, 0.15) is 30.7 Å². The third kappa shape index (κ3) is 2.17. The first-order chi connectivity index (χ1) is 11.7. The highest BCUT2D eigenvalue weighted by Gasteiger charge is 2.37. The van der Waals surface area contributed by atoms with Gasteiger partial charge in [-0.05, 0) is 22.8 Å². The van der Waals surface area contributed by atoms with Crippen molar-refractivity contribution >= 4 is 16.6 Å². The summed E-state index contributed by atoms with van der Waals surface area (Å²) in [5.41, 5.74) is 7.79. The van der Waals surface area contributed by atoms with E-state index in [1.54, 1.807) is 0 Å². The molecule has 0 saturated carbocycles. The van der Waals surface area contributed by atoms with Gasteiger partial charge in [0.1, 0.15) is 17.4 Å². The summed E-state index contributed by atoms with van der Waals surface area (Å²) < 4.78 is 5.60. The monoisotopic (exact) mass is 316 g/mol. The number of hydrogen-bond acceptors (Lipinski definition) is 4. The van der Waals surface area contributed by atoms with Gasteiger partial charge in [0.05, 0.1) is 5.92 Å². The second-order valence-corrected chi connectivity index (χ2v) is 6.14. The molecule has 0 saturated heterocycles. The third-order valence-electron chi connectivity index (χ3n) is 4.71. The molecule has 2 aromatic carbocycles. The maximum absolute atomic E-state index is 12.5. The molecular formula is C20H16N2O2. The van der Waals surface area contributed by atoms with Gasteiger partial charge in [0, 0.05) is 18.4 Å². The Hall–Kier alpha value is -3.06. The Morgan fingerprint density at radius 1 is 1.12 bits per heavy atom. The van der Waals surface area contributed by atoms with Crippen LogP contribution in [0.3, 0.4) is 0 Å². The smallest absolute Gasteiger partial charge is 0.205 e. The molecule has 4 heteroatoms.